The van der Waals surface area contributed by atoms with Crippen LogP contribution in [0.3, 0.4) is 0 Å². The number of carbonyl (C=O) groups is 1. The second-order valence-corrected chi connectivity index (χ2v) is 6.96. The average molecular weight is 383 g/mol. The van der Waals surface area contributed by atoms with Crippen molar-refractivity contribution in [2.75, 3.05) is 23.2 Å². The lowest BCUT2D eigenvalue weighted by Crippen LogP contribution is -2.15. The van der Waals surface area contributed by atoms with Crippen LogP contribution in [0.4, 0.5) is 17.1 Å². The van der Waals surface area contributed by atoms with E-state index in [1.165, 1.54) is 29.9 Å². The number of anilines is 2. The Hall–Kier alpha value is -3.12. The van der Waals surface area contributed by atoms with Gasteiger partial charge >= 0.3 is 0 Å². The van der Waals surface area contributed by atoms with Crippen LogP contribution in [-0.2, 0) is 17.1 Å². The molecule has 0 aliphatic carbocycles. The van der Waals surface area contributed by atoms with Gasteiger partial charge in [-0.15, -0.1) is 0 Å². The van der Waals surface area contributed by atoms with Crippen LogP contribution in [0.2, 0.25) is 0 Å². The minimum atomic E-state index is -4.14. The molecule has 1 aromatic heterocycles. The number of non-ortho nitro benzene ring substituents is 1. The van der Waals surface area contributed by atoms with Gasteiger partial charge in [0.1, 0.15) is 10.6 Å². The van der Waals surface area contributed by atoms with E-state index in [1.54, 1.807) is 0 Å². The molecule has 0 radical (unpaired) electrons. The number of nitrogens with two attached hydrogens (primary N) is 1. The summed E-state index contributed by atoms with van der Waals surface area (Å²) in [5.41, 5.74) is 5.02. The summed E-state index contributed by atoms with van der Waals surface area (Å²) in [6.45, 7) is -0.104. The number of hydrogen-bond donors (Lipinski definition) is 4. The highest BCUT2D eigenvalue weighted by atomic mass is 32.2. The molecular weight excluding hydrogens is 366 g/mol. The molecule has 1 amide bonds. The lowest BCUT2D eigenvalue weighted by Gasteiger charge is -2.13. The van der Waals surface area contributed by atoms with Crippen molar-refractivity contribution in [2.24, 2.45) is 12.8 Å². The van der Waals surface area contributed by atoms with Gasteiger partial charge in [0.05, 0.1) is 22.9 Å². The van der Waals surface area contributed by atoms with Gasteiger partial charge in [0.25, 0.3) is 21.6 Å². The van der Waals surface area contributed by atoms with Crippen molar-refractivity contribution in [3.63, 3.8) is 0 Å². The highest BCUT2D eigenvalue weighted by Gasteiger charge is 2.22. The monoisotopic (exact) mass is 383 g/mol. The lowest BCUT2D eigenvalue weighted by atomic mass is 10.2. The molecule has 0 fully saturated rings. The first kappa shape index (κ1) is 19.2. The number of rotatable bonds is 8. The van der Waals surface area contributed by atoms with Gasteiger partial charge in [0.2, 0.25) is 0 Å². The van der Waals surface area contributed by atoms with Crippen LogP contribution in [0.5, 0.6) is 0 Å². The average Bonchev–Trinajstić information content (AvgIpc) is 2.96. The van der Waals surface area contributed by atoms with Gasteiger partial charge in [-0.1, -0.05) is 0 Å². The number of benzene rings is 1. The van der Waals surface area contributed by atoms with E-state index in [2.05, 4.69) is 10.0 Å². The van der Waals surface area contributed by atoms with Crippen molar-refractivity contribution in [1.29, 1.82) is 0 Å². The molecule has 0 bridgehead atoms. The van der Waals surface area contributed by atoms with Gasteiger partial charge in [0, 0.05) is 31.9 Å². The van der Waals surface area contributed by atoms with Crippen molar-refractivity contribution in [3.8, 4) is 0 Å². The van der Waals surface area contributed by atoms with E-state index in [9.17, 15) is 23.3 Å². The number of nitro benzene ring substituents is 1. The number of primary amides is 1. The van der Waals surface area contributed by atoms with E-state index in [4.69, 9.17) is 10.8 Å². The first-order valence-electron chi connectivity index (χ1n) is 7.28. The van der Waals surface area contributed by atoms with Crippen LogP contribution in [0.15, 0.2) is 35.4 Å². The second kappa shape index (κ2) is 7.41. The Bertz CT molecular complexity index is 953. The first-order chi connectivity index (χ1) is 12.2. The molecule has 5 N–H and O–H groups in total. The number of sulfonamides is 1. The summed E-state index contributed by atoms with van der Waals surface area (Å²) in [4.78, 5) is 21.3. The maximum absolute atomic E-state index is 12.6. The predicted octanol–water partition coefficient (Wildman–Crippen LogP) is 0.237. The predicted molar refractivity (Wildman–Crippen MR) is 93.4 cm³/mol. The van der Waals surface area contributed by atoms with Crippen LogP contribution in [0.1, 0.15) is 10.5 Å². The molecule has 0 aliphatic rings. The number of nitrogens with zero attached hydrogens (tertiary/aromatic N) is 2. The molecule has 0 saturated carbocycles. The van der Waals surface area contributed by atoms with Gasteiger partial charge in [0.15, 0.2) is 0 Å². The molecule has 1 heterocycles. The molecule has 2 rings (SSSR count). The minimum Gasteiger partial charge on any atom is -0.395 e. The number of aryl methyl sites for hydroxylation is 1. The lowest BCUT2D eigenvalue weighted by molar-refractivity contribution is -0.384. The summed E-state index contributed by atoms with van der Waals surface area (Å²) < 4.78 is 28.7. The van der Waals surface area contributed by atoms with E-state index < -0.39 is 20.9 Å². The molecule has 0 unspecified atom stereocenters. The number of nitrogens with one attached hydrogen (secondary N) is 2. The van der Waals surface area contributed by atoms with Crippen molar-refractivity contribution in [1.82, 2.24) is 4.57 Å². The molecule has 26 heavy (non-hydrogen) atoms. The molecule has 0 atom stereocenters. The third-order valence-corrected chi connectivity index (χ3v) is 4.76. The van der Waals surface area contributed by atoms with Gasteiger partial charge in [-0.05, 0) is 12.1 Å². The zero-order valence-electron chi connectivity index (χ0n) is 13.7. The Kier molecular flexibility index (Phi) is 5.47. The minimum absolute atomic E-state index is 0.0111. The van der Waals surface area contributed by atoms with E-state index in [0.717, 1.165) is 12.1 Å². The van der Waals surface area contributed by atoms with Crippen molar-refractivity contribution >= 4 is 33.0 Å². The van der Waals surface area contributed by atoms with Crippen molar-refractivity contribution in [2.45, 2.75) is 4.90 Å². The SMILES string of the molecule is Cn1cc(S(=O)(=O)Nc2cc([N+](=O)[O-])ccc2NCCO)cc1C(N)=O. The van der Waals surface area contributed by atoms with E-state index >= 15 is 0 Å². The normalized spacial score (nSPS) is 11.2. The first-order valence-corrected chi connectivity index (χ1v) is 8.76. The van der Waals surface area contributed by atoms with E-state index in [0.29, 0.717) is 0 Å². The number of nitro groups is 1. The zero-order valence-corrected chi connectivity index (χ0v) is 14.5. The number of aliphatic hydroxyl groups is 1. The van der Waals surface area contributed by atoms with Crippen LogP contribution in [-0.4, -0.2) is 42.1 Å². The van der Waals surface area contributed by atoms with Crippen LogP contribution < -0.4 is 15.8 Å². The quantitative estimate of drug-likeness (QED) is 0.373. The fourth-order valence-corrected chi connectivity index (χ4v) is 3.34. The van der Waals surface area contributed by atoms with Crippen LogP contribution >= 0.6 is 0 Å². The molecule has 1 aromatic carbocycles. The Morgan fingerprint density at radius 2 is 2.04 bits per heavy atom. The Morgan fingerprint density at radius 3 is 2.58 bits per heavy atom. The second-order valence-electron chi connectivity index (χ2n) is 5.28. The summed E-state index contributed by atoms with van der Waals surface area (Å²) in [6, 6.07) is 4.68. The Labute approximate surface area is 148 Å². The van der Waals surface area contributed by atoms with Gasteiger partial charge in [-0.3, -0.25) is 19.6 Å². The van der Waals surface area contributed by atoms with E-state index in [1.807, 2.05) is 0 Å². The largest absolute Gasteiger partial charge is 0.395 e. The fraction of sp³-hybridized carbons (Fsp3) is 0.214. The Morgan fingerprint density at radius 1 is 1.35 bits per heavy atom. The highest BCUT2D eigenvalue weighted by molar-refractivity contribution is 7.92. The molecule has 0 aliphatic heterocycles. The van der Waals surface area contributed by atoms with Gasteiger partial charge in [-0.2, -0.15) is 0 Å². The number of hydrogen-bond acceptors (Lipinski definition) is 7. The molecule has 0 spiro atoms. The van der Waals surface area contributed by atoms with Crippen LogP contribution in [0.25, 0.3) is 0 Å². The standard InChI is InChI=1S/C14H17N5O6S/c1-18-8-10(7-13(18)14(15)21)26(24,25)17-12-6-9(19(22)23)2-3-11(12)16-4-5-20/h2-3,6-8,16-17,20H,4-5H2,1H3,(H2,15,21). The highest BCUT2D eigenvalue weighted by Crippen LogP contribution is 2.29. The molecule has 0 saturated heterocycles. The summed E-state index contributed by atoms with van der Waals surface area (Å²) in [7, 11) is -2.68. The van der Waals surface area contributed by atoms with Crippen LogP contribution in [0, 0.1) is 10.1 Å². The molecule has 11 nitrogen and oxygen atoms in total. The maximum atomic E-state index is 12.6. The zero-order chi connectivity index (χ0) is 19.5. The number of amides is 1. The number of aromatic nitrogens is 1. The molecule has 12 heteroatoms. The topological polar surface area (TPSA) is 170 Å². The fourth-order valence-electron chi connectivity index (χ4n) is 2.20. The van der Waals surface area contributed by atoms with Crippen molar-refractivity contribution < 1.29 is 23.2 Å². The maximum Gasteiger partial charge on any atom is 0.271 e. The number of aliphatic hydroxyl groups excluding tert-OH is 1. The molecular formula is C14H17N5O6S. The third-order valence-electron chi connectivity index (χ3n) is 3.43. The summed E-state index contributed by atoms with van der Waals surface area (Å²) in [5.74, 6) is -0.797. The summed E-state index contributed by atoms with van der Waals surface area (Å²) >= 11 is 0. The van der Waals surface area contributed by atoms with Gasteiger partial charge in [-0.25, -0.2) is 8.42 Å². The summed E-state index contributed by atoms with van der Waals surface area (Å²) in [6.07, 6.45) is 1.20. The molecule has 2 aromatic rings. The molecule has 140 valence electrons. The van der Waals surface area contributed by atoms with E-state index in [-0.39, 0.29) is 40.8 Å². The smallest absolute Gasteiger partial charge is 0.271 e. The van der Waals surface area contributed by atoms with Gasteiger partial charge < -0.3 is 20.7 Å². The number of carbonyl (C=O) groups excluding carboxylic acids is 1. The third kappa shape index (κ3) is 4.10. The summed E-state index contributed by atoms with van der Waals surface area (Å²) in [5, 5.41) is 22.6. The van der Waals surface area contributed by atoms with Crippen molar-refractivity contribution in [3.05, 3.63) is 46.3 Å². The Balaban J connectivity index is 2.44.